The van der Waals surface area contributed by atoms with Crippen LogP contribution in [-0.2, 0) is 6.54 Å². The van der Waals surface area contributed by atoms with Gasteiger partial charge in [0.05, 0.1) is 55.5 Å². The van der Waals surface area contributed by atoms with E-state index >= 15 is 0 Å². The Bertz CT molecular complexity index is 2390. The van der Waals surface area contributed by atoms with E-state index in [9.17, 15) is 47.1 Å². The number of benzene rings is 2. The second kappa shape index (κ2) is 8.30. The number of hydrogen-bond donors (Lipinski definition) is 0. The molecule has 2 aromatic carbocycles. The SMILES string of the molecule is C=C(CF)n1c(=O)c2cc3c(=O)n(-n4c(=O)c5cc6c(=O)n(CCCF)c(=O)c6cc5c4=O)c(=O)c3cc2c1=O. The van der Waals surface area contributed by atoms with Crippen LogP contribution in [0.2, 0.25) is 0 Å². The lowest BCUT2D eigenvalue weighted by atomic mass is 10.1. The zero-order valence-electron chi connectivity index (χ0n) is 20.2. The summed E-state index contributed by atoms with van der Waals surface area (Å²) in [5.74, 6) is 0. The summed E-state index contributed by atoms with van der Waals surface area (Å²) in [6, 6.07) is 3.92. The molecule has 0 unspecified atom stereocenters. The summed E-state index contributed by atoms with van der Waals surface area (Å²) in [5, 5.41) is -2.44. The van der Waals surface area contributed by atoms with E-state index < -0.39 is 63.5 Å². The predicted molar refractivity (Wildman–Crippen MR) is 142 cm³/mol. The fourth-order valence-electron chi connectivity index (χ4n) is 5.10. The van der Waals surface area contributed by atoms with Gasteiger partial charge in [0.15, 0.2) is 0 Å². The molecule has 0 aliphatic rings. The Hall–Kier alpha value is -5.40. The first-order valence-corrected chi connectivity index (χ1v) is 11.7. The van der Waals surface area contributed by atoms with Crippen molar-refractivity contribution in [2.45, 2.75) is 13.0 Å². The Balaban J connectivity index is 1.66. The fourth-order valence-corrected chi connectivity index (χ4v) is 5.10. The highest BCUT2D eigenvalue weighted by Crippen LogP contribution is 2.17. The van der Waals surface area contributed by atoms with E-state index in [0.717, 1.165) is 28.8 Å². The number of hydrogen-bond acceptors (Lipinski definition) is 8. The van der Waals surface area contributed by atoms with E-state index in [4.69, 9.17) is 0 Å². The second-order valence-electron chi connectivity index (χ2n) is 9.18. The molecule has 0 amide bonds. The summed E-state index contributed by atoms with van der Waals surface area (Å²) >= 11 is 0. The number of aromatic nitrogens is 4. The molecule has 0 aliphatic heterocycles. The highest BCUT2D eigenvalue weighted by atomic mass is 19.1. The number of alkyl halides is 2. The van der Waals surface area contributed by atoms with Crippen LogP contribution in [0, 0.1) is 0 Å². The summed E-state index contributed by atoms with van der Waals surface area (Å²) in [6.07, 6.45) is -0.0974. The molecule has 6 aromatic rings. The summed E-state index contributed by atoms with van der Waals surface area (Å²) in [6.45, 7) is 1.15. The summed E-state index contributed by atoms with van der Waals surface area (Å²) in [5.41, 5.74) is -8.52. The summed E-state index contributed by atoms with van der Waals surface area (Å²) in [7, 11) is 0. The quantitative estimate of drug-likeness (QED) is 0.263. The van der Waals surface area contributed by atoms with E-state index in [2.05, 4.69) is 6.58 Å². The van der Waals surface area contributed by atoms with Crippen LogP contribution >= 0.6 is 0 Å². The topological polar surface area (TPSA) is 156 Å². The molecule has 12 nitrogen and oxygen atoms in total. The average molecular weight is 548 g/mol. The molecule has 0 atom stereocenters. The maximum Gasteiger partial charge on any atom is 0.281 e. The van der Waals surface area contributed by atoms with E-state index in [0.29, 0.717) is 4.57 Å². The Morgan fingerprint density at radius 1 is 0.550 bits per heavy atom. The van der Waals surface area contributed by atoms with Gasteiger partial charge >= 0.3 is 0 Å². The van der Waals surface area contributed by atoms with Crippen molar-refractivity contribution in [3.63, 3.8) is 0 Å². The molecule has 4 aromatic heterocycles. The molecule has 0 aliphatic carbocycles. The van der Waals surface area contributed by atoms with Crippen molar-refractivity contribution in [3.05, 3.63) is 114 Å². The molecular formula is C26H14F2N4O8. The second-order valence-corrected chi connectivity index (χ2v) is 9.18. The molecule has 0 N–H and O–H groups in total. The highest BCUT2D eigenvalue weighted by molar-refractivity contribution is 5.99. The van der Waals surface area contributed by atoms with Crippen molar-refractivity contribution in [1.29, 1.82) is 0 Å². The van der Waals surface area contributed by atoms with Gasteiger partial charge in [-0.05, 0) is 30.7 Å². The Morgan fingerprint density at radius 3 is 1.20 bits per heavy atom. The first kappa shape index (κ1) is 24.9. The smallest absolute Gasteiger partial charge is 0.274 e. The molecule has 0 fully saturated rings. The third-order valence-corrected chi connectivity index (χ3v) is 7.01. The molecule has 0 bridgehead atoms. The third kappa shape index (κ3) is 2.98. The minimum Gasteiger partial charge on any atom is -0.274 e. The summed E-state index contributed by atoms with van der Waals surface area (Å²) < 4.78 is 27.5. The number of rotatable bonds is 6. The van der Waals surface area contributed by atoms with Crippen LogP contribution in [0.3, 0.4) is 0 Å². The van der Waals surface area contributed by atoms with Gasteiger partial charge < -0.3 is 0 Å². The van der Waals surface area contributed by atoms with Crippen LogP contribution in [0.15, 0.2) is 69.2 Å². The molecule has 4 heterocycles. The van der Waals surface area contributed by atoms with Crippen LogP contribution < -0.4 is 44.5 Å². The van der Waals surface area contributed by atoms with Crippen molar-refractivity contribution in [2.75, 3.05) is 13.3 Å². The minimum atomic E-state index is -1.20. The zero-order chi connectivity index (χ0) is 28.8. The van der Waals surface area contributed by atoms with Gasteiger partial charge in [0.2, 0.25) is 0 Å². The van der Waals surface area contributed by atoms with Crippen LogP contribution in [0.1, 0.15) is 6.42 Å². The molecule has 6 rings (SSSR count). The number of halogens is 2. The summed E-state index contributed by atoms with van der Waals surface area (Å²) in [4.78, 5) is 104. The van der Waals surface area contributed by atoms with Crippen molar-refractivity contribution in [1.82, 2.24) is 18.5 Å². The monoisotopic (exact) mass is 548 g/mol. The van der Waals surface area contributed by atoms with Crippen LogP contribution in [-0.4, -0.2) is 31.8 Å². The van der Waals surface area contributed by atoms with E-state index in [-0.39, 0.29) is 65.4 Å². The van der Waals surface area contributed by atoms with Crippen molar-refractivity contribution in [2.24, 2.45) is 0 Å². The van der Waals surface area contributed by atoms with E-state index in [1.165, 1.54) is 0 Å². The average Bonchev–Trinajstić information content (AvgIpc) is 3.52. The molecule has 0 radical (unpaired) electrons. The lowest BCUT2D eigenvalue weighted by Crippen LogP contribution is -2.42. The molecule has 0 spiro atoms. The maximum absolute atomic E-state index is 13.3. The Labute approximate surface area is 216 Å². The lowest BCUT2D eigenvalue weighted by molar-refractivity contribution is 0.442. The molecule has 200 valence electrons. The van der Waals surface area contributed by atoms with E-state index in [1.807, 2.05) is 0 Å². The van der Waals surface area contributed by atoms with Gasteiger partial charge in [0, 0.05) is 6.54 Å². The van der Waals surface area contributed by atoms with Crippen molar-refractivity contribution >= 4 is 48.8 Å². The molecule has 14 heteroatoms. The minimum absolute atomic E-state index is 0.0974. The van der Waals surface area contributed by atoms with Gasteiger partial charge in [-0.3, -0.25) is 47.3 Å². The highest BCUT2D eigenvalue weighted by Gasteiger charge is 2.25. The van der Waals surface area contributed by atoms with Crippen LogP contribution in [0.4, 0.5) is 8.78 Å². The Kier molecular flexibility index (Phi) is 5.17. The van der Waals surface area contributed by atoms with Gasteiger partial charge in [-0.25, -0.2) is 8.96 Å². The number of fused-ring (bicyclic) bond motifs is 4. The number of allylic oxidation sites excluding steroid dienone is 1. The molecule has 0 saturated heterocycles. The van der Waals surface area contributed by atoms with E-state index in [1.54, 1.807) is 0 Å². The van der Waals surface area contributed by atoms with Gasteiger partial charge in [-0.15, -0.1) is 0 Å². The zero-order valence-corrected chi connectivity index (χ0v) is 20.2. The third-order valence-electron chi connectivity index (χ3n) is 7.01. The lowest BCUT2D eigenvalue weighted by Gasteiger charge is -1.97. The standard InChI is InChI=1S/C26H14F2N4O8/c1-10(9-28)30-21(35)13-7-17-18(8-14(13)22(30)36)26(40)32(25(17)39)31-23(37)15-5-11-12(6-16(15)24(31)38)20(34)29(19(11)33)4-2-3-27/h5-8H,1-4,9H2. The van der Waals surface area contributed by atoms with Gasteiger partial charge in [-0.2, -0.15) is 9.35 Å². The normalized spacial score (nSPS) is 12.1. The van der Waals surface area contributed by atoms with Gasteiger partial charge in [0.1, 0.15) is 6.67 Å². The maximum atomic E-state index is 13.3. The van der Waals surface area contributed by atoms with Crippen molar-refractivity contribution in [3.8, 4) is 0 Å². The fraction of sp³-hybridized carbons (Fsp3) is 0.154. The largest absolute Gasteiger partial charge is 0.281 e. The first-order chi connectivity index (χ1) is 19.0. The van der Waals surface area contributed by atoms with Gasteiger partial charge in [0.25, 0.3) is 44.5 Å². The van der Waals surface area contributed by atoms with Crippen LogP contribution in [0.25, 0.3) is 48.8 Å². The van der Waals surface area contributed by atoms with Crippen LogP contribution in [0.5, 0.6) is 0 Å². The molecule has 40 heavy (non-hydrogen) atoms. The molecule has 0 saturated carbocycles. The Morgan fingerprint density at radius 2 is 0.875 bits per heavy atom. The van der Waals surface area contributed by atoms with Gasteiger partial charge in [-0.1, -0.05) is 6.58 Å². The predicted octanol–water partition coefficient (Wildman–Crippen LogP) is -0.751. The van der Waals surface area contributed by atoms with Crippen molar-refractivity contribution < 1.29 is 8.78 Å². The first-order valence-electron chi connectivity index (χ1n) is 11.7. The number of nitrogens with zero attached hydrogens (tertiary/aromatic N) is 4. The molecular weight excluding hydrogens is 534 g/mol.